The maximum atomic E-state index is 12.4. The molecule has 3 rings (SSSR count). The molecule has 2 aromatic heterocycles. The lowest BCUT2D eigenvalue weighted by Gasteiger charge is -2.39. The molecule has 0 radical (unpaired) electrons. The molecular formula is C15H16N2O2S2. The summed E-state index contributed by atoms with van der Waals surface area (Å²) in [6.07, 6.45) is 0. The summed E-state index contributed by atoms with van der Waals surface area (Å²) in [4.78, 5) is 30.0. The molecule has 21 heavy (non-hydrogen) atoms. The smallest absolute Gasteiger partial charge is 0.264 e. The Labute approximate surface area is 131 Å². The summed E-state index contributed by atoms with van der Waals surface area (Å²) in [5.74, 6) is 0.140. The van der Waals surface area contributed by atoms with Crippen molar-refractivity contribution in [2.45, 2.75) is 13.0 Å². The van der Waals surface area contributed by atoms with Gasteiger partial charge in [0.2, 0.25) is 0 Å². The summed E-state index contributed by atoms with van der Waals surface area (Å²) in [6, 6.07) is 7.51. The van der Waals surface area contributed by atoms with Crippen LogP contribution in [0.15, 0.2) is 35.0 Å². The fourth-order valence-electron chi connectivity index (χ4n) is 2.54. The van der Waals surface area contributed by atoms with E-state index in [1.54, 1.807) is 0 Å². The zero-order valence-electron chi connectivity index (χ0n) is 11.7. The molecule has 4 nitrogen and oxygen atoms in total. The second kappa shape index (κ2) is 5.99. The van der Waals surface area contributed by atoms with Crippen LogP contribution in [0, 0.1) is 0 Å². The van der Waals surface area contributed by atoms with Crippen molar-refractivity contribution in [1.82, 2.24) is 9.80 Å². The monoisotopic (exact) mass is 320 g/mol. The minimum absolute atomic E-state index is 0.0391. The summed E-state index contributed by atoms with van der Waals surface area (Å²) in [7, 11) is 0. The molecule has 1 aliphatic rings. The Morgan fingerprint density at radius 3 is 2.19 bits per heavy atom. The molecule has 0 N–H and O–H groups in total. The lowest BCUT2D eigenvalue weighted by Crippen LogP contribution is -2.55. The number of nitrogens with zero attached hydrogens (tertiary/aromatic N) is 2. The largest absolute Gasteiger partial charge is 0.334 e. The first-order valence-corrected chi connectivity index (χ1v) is 8.60. The molecule has 0 saturated carbocycles. The van der Waals surface area contributed by atoms with Crippen LogP contribution in [-0.4, -0.2) is 47.3 Å². The van der Waals surface area contributed by atoms with Gasteiger partial charge in [-0.2, -0.15) is 0 Å². The van der Waals surface area contributed by atoms with E-state index < -0.39 is 0 Å². The first kappa shape index (κ1) is 14.3. The molecule has 0 spiro atoms. The first-order chi connectivity index (χ1) is 10.2. The predicted octanol–water partition coefficient (Wildman–Crippen LogP) is 2.80. The second-order valence-electron chi connectivity index (χ2n) is 5.05. The van der Waals surface area contributed by atoms with Crippen molar-refractivity contribution in [3.05, 3.63) is 44.8 Å². The summed E-state index contributed by atoms with van der Waals surface area (Å²) in [5.41, 5.74) is 0. The van der Waals surface area contributed by atoms with Crippen LogP contribution in [0.25, 0.3) is 0 Å². The number of carbonyl (C=O) groups excluding carboxylic acids is 2. The van der Waals surface area contributed by atoms with Gasteiger partial charge in [0.05, 0.1) is 9.75 Å². The third kappa shape index (κ3) is 2.87. The number of amides is 2. The minimum Gasteiger partial charge on any atom is -0.334 e. The Hall–Kier alpha value is -1.66. The fourth-order valence-corrected chi connectivity index (χ4v) is 3.91. The first-order valence-electron chi connectivity index (χ1n) is 6.84. The van der Waals surface area contributed by atoms with Crippen molar-refractivity contribution in [2.24, 2.45) is 0 Å². The molecule has 3 heterocycles. The van der Waals surface area contributed by atoms with E-state index in [9.17, 15) is 9.59 Å². The highest BCUT2D eigenvalue weighted by atomic mass is 32.1. The molecule has 1 saturated heterocycles. The highest BCUT2D eigenvalue weighted by Crippen LogP contribution is 2.19. The maximum Gasteiger partial charge on any atom is 0.264 e. The van der Waals surface area contributed by atoms with E-state index in [1.807, 2.05) is 51.7 Å². The zero-order chi connectivity index (χ0) is 14.8. The lowest BCUT2D eigenvalue weighted by atomic mass is 10.1. The van der Waals surface area contributed by atoms with Crippen LogP contribution in [0.5, 0.6) is 0 Å². The van der Waals surface area contributed by atoms with Crippen LogP contribution in [-0.2, 0) is 0 Å². The Balaban J connectivity index is 1.67. The average molecular weight is 320 g/mol. The predicted molar refractivity (Wildman–Crippen MR) is 85.0 cm³/mol. The molecule has 0 unspecified atom stereocenters. The topological polar surface area (TPSA) is 40.6 Å². The average Bonchev–Trinajstić information content (AvgIpc) is 3.18. The number of piperazine rings is 1. The maximum absolute atomic E-state index is 12.4. The van der Waals surface area contributed by atoms with Crippen molar-refractivity contribution in [1.29, 1.82) is 0 Å². The van der Waals surface area contributed by atoms with Gasteiger partial charge < -0.3 is 9.80 Å². The Bertz CT molecular complexity index is 622. The van der Waals surface area contributed by atoms with Crippen LogP contribution in [0.1, 0.15) is 26.3 Å². The van der Waals surface area contributed by atoms with E-state index in [0.29, 0.717) is 19.6 Å². The molecule has 0 bridgehead atoms. The van der Waals surface area contributed by atoms with Crippen molar-refractivity contribution in [3.63, 3.8) is 0 Å². The molecule has 110 valence electrons. The van der Waals surface area contributed by atoms with E-state index in [1.165, 1.54) is 22.7 Å². The van der Waals surface area contributed by atoms with Crippen LogP contribution in [0.4, 0.5) is 0 Å². The second-order valence-corrected chi connectivity index (χ2v) is 6.95. The number of carbonyl (C=O) groups is 2. The van der Waals surface area contributed by atoms with Crippen molar-refractivity contribution >= 4 is 34.5 Å². The van der Waals surface area contributed by atoms with Crippen LogP contribution < -0.4 is 0 Å². The van der Waals surface area contributed by atoms with E-state index in [4.69, 9.17) is 0 Å². The van der Waals surface area contributed by atoms with Gasteiger partial charge in [0.1, 0.15) is 0 Å². The minimum atomic E-state index is 0.0391. The highest BCUT2D eigenvalue weighted by molar-refractivity contribution is 7.12. The Morgan fingerprint density at radius 1 is 1.05 bits per heavy atom. The number of hydrogen-bond donors (Lipinski definition) is 0. The van der Waals surface area contributed by atoms with E-state index in [-0.39, 0.29) is 17.9 Å². The summed E-state index contributed by atoms with van der Waals surface area (Å²) in [6.45, 7) is 3.78. The Morgan fingerprint density at radius 2 is 1.67 bits per heavy atom. The Kier molecular flexibility index (Phi) is 4.07. The van der Waals surface area contributed by atoms with Crippen molar-refractivity contribution < 1.29 is 9.59 Å². The molecule has 0 aliphatic carbocycles. The van der Waals surface area contributed by atoms with E-state index in [0.717, 1.165) is 9.75 Å². The lowest BCUT2D eigenvalue weighted by molar-refractivity contribution is 0.0419. The van der Waals surface area contributed by atoms with E-state index in [2.05, 4.69) is 0 Å². The molecule has 2 amide bonds. The van der Waals surface area contributed by atoms with Gasteiger partial charge in [0.25, 0.3) is 11.8 Å². The third-order valence-electron chi connectivity index (χ3n) is 3.64. The van der Waals surface area contributed by atoms with Crippen LogP contribution >= 0.6 is 22.7 Å². The van der Waals surface area contributed by atoms with Gasteiger partial charge in [-0.15, -0.1) is 22.7 Å². The SMILES string of the molecule is C[C@@H]1CN(C(=O)c2cccs2)CCN1C(=O)c1cccs1. The third-order valence-corrected chi connectivity index (χ3v) is 5.36. The molecule has 0 aromatic carbocycles. The number of thiophene rings is 2. The van der Waals surface area contributed by atoms with Crippen molar-refractivity contribution in [3.8, 4) is 0 Å². The van der Waals surface area contributed by atoms with Gasteiger partial charge in [0, 0.05) is 25.7 Å². The standard InChI is InChI=1S/C15H16N2O2S2/c1-11-10-16(14(18)12-4-2-8-20-12)6-7-17(11)15(19)13-5-3-9-21-13/h2-5,8-9,11H,6-7,10H2,1H3/t11-/m1/s1. The van der Waals surface area contributed by atoms with Gasteiger partial charge in [-0.05, 0) is 29.8 Å². The van der Waals surface area contributed by atoms with Gasteiger partial charge in [-0.25, -0.2) is 0 Å². The van der Waals surface area contributed by atoms with Gasteiger partial charge in [0.15, 0.2) is 0 Å². The molecule has 1 aliphatic heterocycles. The van der Waals surface area contributed by atoms with Gasteiger partial charge in [-0.1, -0.05) is 12.1 Å². The van der Waals surface area contributed by atoms with Gasteiger partial charge in [-0.3, -0.25) is 9.59 Å². The molecule has 1 fully saturated rings. The van der Waals surface area contributed by atoms with Crippen LogP contribution in [0.2, 0.25) is 0 Å². The summed E-state index contributed by atoms with van der Waals surface area (Å²) in [5, 5.41) is 3.82. The molecule has 2 aromatic rings. The van der Waals surface area contributed by atoms with Gasteiger partial charge >= 0.3 is 0 Å². The van der Waals surface area contributed by atoms with Crippen LogP contribution in [0.3, 0.4) is 0 Å². The molecule has 1 atom stereocenters. The normalized spacial score (nSPS) is 18.8. The summed E-state index contributed by atoms with van der Waals surface area (Å²) >= 11 is 2.92. The zero-order valence-corrected chi connectivity index (χ0v) is 13.3. The van der Waals surface area contributed by atoms with Crippen molar-refractivity contribution in [2.75, 3.05) is 19.6 Å². The highest BCUT2D eigenvalue weighted by Gasteiger charge is 2.31. The quantitative estimate of drug-likeness (QED) is 0.854. The molecular weight excluding hydrogens is 304 g/mol. The number of rotatable bonds is 2. The fraction of sp³-hybridized carbons (Fsp3) is 0.333. The number of hydrogen-bond acceptors (Lipinski definition) is 4. The van der Waals surface area contributed by atoms with E-state index >= 15 is 0 Å². The summed E-state index contributed by atoms with van der Waals surface area (Å²) < 4.78 is 0. The molecule has 6 heteroatoms.